The Labute approximate surface area is 221 Å². The first-order valence-electron chi connectivity index (χ1n) is 12.8. The van der Waals surface area contributed by atoms with Crippen LogP contribution in [0.4, 0.5) is 21.9 Å². The van der Waals surface area contributed by atoms with Crippen LogP contribution in [-0.4, -0.2) is 56.0 Å². The van der Waals surface area contributed by atoms with Gasteiger partial charge in [0, 0.05) is 24.0 Å². The van der Waals surface area contributed by atoms with Gasteiger partial charge in [-0.25, -0.2) is 9.48 Å². The molecule has 10 heteroatoms. The van der Waals surface area contributed by atoms with Crippen LogP contribution in [0.25, 0.3) is 5.69 Å². The first-order valence-corrected chi connectivity index (χ1v) is 12.8. The van der Waals surface area contributed by atoms with Gasteiger partial charge in [-0.05, 0) is 75.7 Å². The van der Waals surface area contributed by atoms with Gasteiger partial charge in [0.1, 0.15) is 0 Å². The second-order valence-corrected chi connectivity index (χ2v) is 9.57. The number of rotatable bonds is 8. The van der Waals surface area contributed by atoms with Crippen molar-refractivity contribution in [3.8, 4) is 5.69 Å². The third-order valence-corrected chi connectivity index (χ3v) is 6.53. The van der Waals surface area contributed by atoms with Gasteiger partial charge in [0.25, 0.3) is 5.91 Å². The molecule has 0 spiro atoms. The Balaban J connectivity index is 1.20. The molecule has 2 aromatic carbocycles. The summed E-state index contributed by atoms with van der Waals surface area (Å²) >= 11 is 0. The van der Waals surface area contributed by atoms with Gasteiger partial charge in [0.05, 0.1) is 41.7 Å². The SMILES string of the molecule is Cc1cccc(NC(=O)Nc2cnn(-c3cccc(C(=O)Nc4cn(CCN5CCCC5)nc4C)c3)c2)c1. The van der Waals surface area contributed by atoms with E-state index in [9.17, 15) is 9.59 Å². The molecule has 196 valence electrons. The van der Waals surface area contributed by atoms with Crippen molar-refractivity contribution >= 4 is 29.0 Å². The molecule has 3 heterocycles. The average Bonchev–Trinajstić information content (AvgIpc) is 3.65. The van der Waals surface area contributed by atoms with Gasteiger partial charge in [-0.15, -0.1) is 0 Å². The van der Waals surface area contributed by atoms with Crippen molar-refractivity contribution in [3.63, 3.8) is 0 Å². The molecule has 0 bridgehead atoms. The van der Waals surface area contributed by atoms with Gasteiger partial charge < -0.3 is 20.9 Å². The summed E-state index contributed by atoms with van der Waals surface area (Å²) < 4.78 is 3.51. The molecule has 0 atom stereocenters. The number of carbonyl (C=O) groups excluding carboxylic acids is 2. The smallest absolute Gasteiger partial charge is 0.319 e. The molecule has 3 N–H and O–H groups in total. The molecule has 1 aliphatic rings. The summed E-state index contributed by atoms with van der Waals surface area (Å²) in [6.07, 6.45) is 7.67. The number of hydrogen-bond donors (Lipinski definition) is 3. The summed E-state index contributed by atoms with van der Waals surface area (Å²) in [6, 6.07) is 14.4. The lowest BCUT2D eigenvalue weighted by Crippen LogP contribution is -2.24. The summed E-state index contributed by atoms with van der Waals surface area (Å²) in [5, 5.41) is 17.5. The number of nitrogens with one attached hydrogen (secondary N) is 3. The van der Waals surface area contributed by atoms with Crippen molar-refractivity contribution in [1.82, 2.24) is 24.5 Å². The quantitative estimate of drug-likeness (QED) is 0.318. The maximum Gasteiger partial charge on any atom is 0.323 e. The highest BCUT2D eigenvalue weighted by Gasteiger charge is 2.15. The van der Waals surface area contributed by atoms with Crippen LogP contribution >= 0.6 is 0 Å². The maximum atomic E-state index is 13.0. The van der Waals surface area contributed by atoms with Gasteiger partial charge >= 0.3 is 6.03 Å². The summed E-state index contributed by atoms with van der Waals surface area (Å²) in [5.74, 6) is -0.225. The summed E-state index contributed by atoms with van der Waals surface area (Å²) in [5.41, 5.74) is 4.97. The normalized spacial score (nSPS) is 13.4. The molecule has 0 saturated carbocycles. The Morgan fingerprint density at radius 3 is 2.50 bits per heavy atom. The van der Waals surface area contributed by atoms with Crippen molar-refractivity contribution in [2.45, 2.75) is 33.2 Å². The van der Waals surface area contributed by atoms with E-state index in [0.717, 1.165) is 37.4 Å². The zero-order chi connectivity index (χ0) is 26.5. The maximum absolute atomic E-state index is 13.0. The van der Waals surface area contributed by atoms with Gasteiger partial charge in [-0.3, -0.25) is 9.48 Å². The van der Waals surface area contributed by atoms with E-state index in [2.05, 4.69) is 31.0 Å². The van der Waals surface area contributed by atoms with Crippen LogP contribution in [0.2, 0.25) is 0 Å². The lowest BCUT2D eigenvalue weighted by molar-refractivity contribution is 0.102. The second kappa shape index (κ2) is 11.3. The number of benzene rings is 2. The number of urea groups is 1. The molecule has 2 aromatic heterocycles. The highest BCUT2D eigenvalue weighted by Crippen LogP contribution is 2.18. The number of carbonyl (C=O) groups is 2. The van der Waals surface area contributed by atoms with Crippen LogP contribution in [0.15, 0.2) is 67.1 Å². The molecule has 3 amide bonds. The molecule has 1 saturated heterocycles. The third kappa shape index (κ3) is 6.27. The van der Waals surface area contributed by atoms with Gasteiger partial charge in [-0.2, -0.15) is 10.2 Å². The number of aryl methyl sites for hydroxylation is 2. The van der Waals surface area contributed by atoms with Crippen molar-refractivity contribution in [2.75, 3.05) is 35.6 Å². The van der Waals surface area contributed by atoms with Crippen molar-refractivity contribution in [1.29, 1.82) is 0 Å². The minimum absolute atomic E-state index is 0.225. The van der Waals surface area contributed by atoms with Crippen LogP contribution < -0.4 is 16.0 Å². The molecule has 0 aliphatic carbocycles. The van der Waals surface area contributed by atoms with Crippen LogP contribution in [-0.2, 0) is 6.54 Å². The van der Waals surface area contributed by atoms with Crippen molar-refractivity contribution in [3.05, 3.63) is 83.9 Å². The van der Waals surface area contributed by atoms with Gasteiger partial charge in [0.2, 0.25) is 0 Å². The van der Waals surface area contributed by atoms with E-state index < -0.39 is 0 Å². The second-order valence-electron chi connectivity index (χ2n) is 9.57. The van der Waals surface area contributed by atoms with E-state index in [0.29, 0.717) is 28.3 Å². The lowest BCUT2D eigenvalue weighted by atomic mass is 10.2. The zero-order valence-electron chi connectivity index (χ0n) is 21.6. The molecule has 4 aromatic rings. The van der Waals surface area contributed by atoms with Gasteiger partial charge in [0.15, 0.2) is 0 Å². The third-order valence-electron chi connectivity index (χ3n) is 6.53. The average molecular weight is 513 g/mol. The Kier molecular flexibility index (Phi) is 7.50. The summed E-state index contributed by atoms with van der Waals surface area (Å²) in [7, 11) is 0. The Hall–Kier alpha value is -4.44. The Morgan fingerprint density at radius 1 is 0.895 bits per heavy atom. The number of likely N-dealkylation sites (tertiary alicyclic amines) is 1. The number of amides is 3. The zero-order valence-corrected chi connectivity index (χ0v) is 21.6. The largest absolute Gasteiger partial charge is 0.323 e. The van der Waals surface area contributed by atoms with Crippen LogP contribution in [0.3, 0.4) is 0 Å². The first kappa shape index (κ1) is 25.2. The highest BCUT2D eigenvalue weighted by molar-refractivity contribution is 6.04. The highest BCUT2D eigenvalue weighted by atomic mass is 16.2. The van der Waals surface area contributed by atoms with Crippen LogP contribution in [0.1, 0.15) is 34.5 Å². The van der Waals surface area contributed by atoms with E-state index in [1.54, 1.807) is 35.3 Å². The van der Waals surface area contributed by atoms with E-state index in [1.165, 1.54) is 12.8 Å². The number of nitrogens with zero attached hydrogens (tertiary/aromatic N) is 5. The molecule has 0 radical (unpaired) electrons. The van der Waals surface area contributed by atoms with Gasteiger partial charge in [-0.1, -0.05) is 18.2 Å². The molecule has 10 nitrogen and oxygen atoms in total. The topological polar surface area (TPSA) is 109 Å². The molecular weight excluding hydrogens is 480 g/mol. The first-order chi connectivity index (χ1) is 18.4. The van der Waals surface area contributed by atoms with Crippen LogP contribution in [0, 0.1) is 13.8 Å². The minimum Gasteiger partial charge on any atom is -0.319 e. The summed E-state index contributed by atoms with van der Waals surface area (Å²) in [4.78, 5) is 27.8. The fourth-order valence-electron chi connectivity index (χ4n) is 4.53. The number of anilines is 3. The molecule has 1 aliphatic heterocycles. The molecule has 38 heavy (non-hydrogen) atoms. The van der Waals surface area contributed by atoms with E-state index in [1.807, 2.05) is 55.1 Å². The predicted octanol–water partition coefficient (Wildman–Crippen LogP) is 4.68. The van der Waals surface area contributed by atoms with Crippen molar-refractivity contribution in [2.24, 2.45) is 0 Å². The fraction of sp³-hybridized carbons (Fsp3) is 0.286. The minimum atomic E-state index is -0.361. The standard InChI is InChI=1S/C28H32N8O2/c1-20-7-5-9-23(15-20)30-28(38)31-24-17-29-36(18-24)25-10-6-8-22(16-25)27(37)32-26-19-35(33-21(26)2)14-13-34-11-3-4-12-34/h5-10,15-19H,3-4,11-14H2,1-2H3,(H,32,37)(H2,30,31,38). The summed E-state index contributed by atoms with van der Waals surface area (Å²) in [6.45, 7) is 7.91. The number of aromatic nitrogens is 4. The fourth-order valence-corrected chi connectivity index (χ4v) is 4.53. The van der Waals surface area contributed by atoms with Crippen molar-refractivity contribution < 1.29 is 9.59 Å². The molecule has 0 unspecified atom stereocenters. The lowest BCUT2D eigenvalue weighted by Gasteiger charge is -2.13. The predicted molar refractivity (Wildman–Crippen MR) is 148 cm³/mol. The van der Waals surface area contributed by atoms with Crippen LogP contribution in [0.5, 0.6) is 0 Å². The molecule has 5 rings (SSSR count). The monoisotopic (exact) mass is 512 g/mol. The Morgan fingerprint density at radius 2 is 1.68 bits per heavy atom. The molecule has 1 fully saturated rings. The van der Waals surface area contributed by atoms with E-state index in [4.69, 9.17) is 0 Å². The number of hydrogen-bond acceptors (Lipinski definition) is 5. The van der Waals surface area contributed by atoms with E-state index in [-0.39, 0.29) is 11.9 Å². The molecular formula is C28H32N8O2. The van der Waals surface area contributed by atoms with E-state index >= 15 is 0 Å². The Bertz CT molecular complexity index is 1430.